The van der Waals surface area contributed by atoms with E-state index in [0.29, 0.717) is 6.54 Å². The molecule has 0 saturated carbocycles. The molecule has 1 unspecified atom stereocenters. The topological polar surface area (TPSA) is 66.4 Å². The van der Waals surface area contributed by atoms with Crippen LogP contribution in [0.4, 0.5) is 0 Å². The molecule has 0 saturated heterocycles. The van der Waals surface area contributed by atoms with E-state index in [1.807, 2.05) is 13.2 Å². The van der Waals surface area contributed by atoms with Crippen LogP contribution in [0.3, 0.4) is 0 Å². The average molecular weight is 261 g/mol. The largest absolute Gasteiger partial charge is 0.508 e. The van der Waals surface area contributed by atoms with Crippen LogP contribution in [0, 0.1) is 0 Å². The molecule has 2 N–H and O–H groups in total. The average Bonchev–Trinajstić information content (AvgIpc) is 2.26. The SMILES string of the molecule is CSC(C)CNS(=O)(=O)c1cccc(O)c1. The standard InChI is InChI=1S/C10H15NO3S2/c1-8(15-2)7-11-16(13,14)10-5-3-4-9(12)6-10/h3-6,8,11-12H,7H2,1-2H3. The number of hydrogen-bond donors (Lipinski definition) is 2. The lowest BCUT2D eigenvalue weighted by molar-refractivity contribution is 0.473. The first-order valence-corrected chi connectivity index (χ1v) is 7.54. The summed E-state index contributed by atoms with van der Waals surface area (Å²) in [4.78, 5) is 0.0841. The van der Waals surface area contributed by atoms with E-state index in [9.17, 15) is 13.5 Å². The number of phenols is 1. The first kappa shape index (κ1) is 13.3. The van der Waals surface area contributed by atoms with Crippen LogP contribution in [-0.2, 0) is 10.0 Å². The van der Waals surface area contributed by atoms with Gasteiger partial charge in [0.2, 0.25) is 10.0 Å². The van der Waals surface area contributed by atoms with Crippen molar-refractivity contribution >= 4 is 21.8 Å². The molecule has 4 nitrogen and oxygen atoms in total. The molecule has 90 valence electrons. The molecule has 0 aliphatic carbocycles. The fourth-order valence-electron chi connectivity index (χ4n) is 1.04. The van der Waals surface area contributed by atoms with Crippen molar-refractivity contribution in [1.29, 1.82) is 0 Å². The second kappa shape index (κ2) is 5.56. The molecule has 0 fully saturated rings. The summed E-state index contributed by atoms with van der Waals surface area (Å²) >= 11 is 1.59. The zero-order valence-electron chi connectivity index (χ0n) is 9.17. The fourth-order valence-corrected chi connectivity index (χ4v) is 2.57. The van der Waals surface area contributed by atoms with Gasteiger partial charge in [-0.25, -0.2) is 13.1 Å². The van der Waals surface area contributed by atoms with Gasteiger partial charge >= 0.3 is 0 Å². The highest BCUT2D eigenvalue weighted by Gasteiger charge is 2.14. The van der Waals surface area contributed by atoms with Gasteiger partial charge in [-0.1, -0.05) is 13.0 Å². The molecule has 1 rings (SSSR count). The lowest BCUT2D eigenvalue weighted by atomic mass is 10.3. The zero-order chi connectivity index (χ0) is 12.2. The zero-order valence-corrected chi connectivity index (χ0v) is 10.8. The Morgan fingerprint density at radius 3 is 2.75 bits per heavy atom. The van der Waals surface area contributed by atoms with Crippen molar-refractivity contribution in [2.75, 3.05) is 12.8 Å². The quantitative estimate of drug-likeness (QED) is 0.841. The summed E-state index contributed by atoms with van der Waals surface area (Å²) in [6.45, 7) is 2.31. The van der Waals surface area contributed by atoms with E-state index < -0.39 is 10.0 Å². The predicted octanol–water partition coefficient (Wildman–Crippen LogP) is 1.42. The summed E-state index contributed by atoms with van der Waals surface area (Å²) in [5.74, 6) is -0.0548. The van der Waals surface area contributed by atoms with Gasteiger partial charge in [-0.05, 0) is 24.5 Å². The van der Waals surface area contributed by atoms with Gasteiger partial charge in [0.25, 0.3) is 0 Å². The molecule has 6 heteroatoms. The Morgan fingerprint density at radius 1 is 1.50 bits per heavy atom. The van der Waals surface area contributed by atoms with Gasteiger partial charge in [-0.15, -0.1) is 0 Å². The van der Waals surface area contributed by atoms with E-state index >= 15 is 0 Å². The van der Waals surface area contributed by atoms with Crippen molar-refractivity contribution in [3.05, 3.63) is 24.3 Å². The highest BCUT2D eigenvalue weighted by molar-refractivity contribution is 7.99. The molecule has 0 spiro atoms. The summed E-state index contributed by atoms with van der Waals surface area (Å²) in [5, 5.41) is 9.42. The van der Waals surface area contributed by atoms with Gasteiger partial charge in [0.1, 0.15) is 5.75 Å². The molecule has 0 amide bonds. The third-order valence-electron chi connectivity index (χ3n) is 2.09. The maximum atomic E-state index is 11.8. The molecule has 0 aliphatic rings. The molecule has 16 heavy (non-hydrogen) atoms. The molecule has 1 atom stereocenters. The summed E-state index contributed by atoms with van der Waals surface area (Å²) in [6, 6.07) is 5.61. The minimum Gasteiger partial charge on any atom is -0.508 e. The van der Waals surface area contributed by atoms with Crippen LogP contribution < -0.4 is 4.72 Å². The molecular formula is C10H15NO3S2. The molecule has 0 heterocycles. The lowest BCUT2D eigenvalue weighted by Gasteiger charge is -2.10. The number of thioether (sulfide) groups is 1. The Hall–Kier alpha value is -0.720. The number of sulfonamides is 1. The highest BCUT2D eigenvalue weighted by Crippen LogP contribution is 2.15. The maximum absolute atomic E-state index is 11.8. The van der Waals surface area contributed by atoms with E-state index in [1.54, 1.807) is 11.8 Å². The van der Waals surface area contributed by atoms with Gasteiger partial charge in [-0.2, -0.15) is 11.8 Å². The number of rotatable bonds is 5. The Labute approximate surface area is 100 Å². The van der Waals surface area contributed by atoms with Crippen molar-refractivity contribution in [1.82, 2.24) is 4.72 Å². The van der Waals surface area contributed by atoms with Crippen LogP contribution in [0.5, 0.6) is 5.75 Å². The minimum atomic E-state index is -3.51. The van der Waals surface area contributed by atoms with Crippen LogP contribution in [0.25, 0.3) is 0 Å². The van der Waals surface area contributed by atoms with Gasteiger partial charge in [-0.3, -0.25) is 0 Å². The number of aromatic hydroxyl groups is 1. The predicted molar refractivity (Wildman–Crippen MR) is 66.3 cm³/mol. The molecular weight excluding hydrogens is 246 g/mol. The Bertz CT molecular complexity index is 445. The minimum absolute atomic E-state index is 0.0548. The monoisotopic (exact) mass is 261 g/mol. The number of nitrogens with one attached hydrogen (secondary N) is 1. The second-order valence-electron chi connectivity index (χ2n) is 3.40. The smallest absolute Gasteiger partial charge is 0.240 e. The van der Waals surface area contributed by atoms with Gasteiger partial charge in [0.15, 0.2) is 0 Å². The third kappa shape index (κ3) is 3.70. The van der Waals surface area contributed by atoms with Gasteiger partial charge < -0.3 is 5.11 Å². The second-order valence-corrected chi connectivity index (χ2v) is 6.44. The van der Waals surface area contributed by atoms with Crippen molar-refractivity contribution in [3.63, 3.8) is 0 Å². The van der Waals surface area contributed by atoms with Crippen LogP contribution in [0.15, 0.2) is 29.2 Å². The van der Waals surface area contributed by atoms with Gasteiger partial charge in [0, 0.05) is 11.8 Å². The lowest BCUT2D eigenvalue weighted by Crippen LogP contribution is -2.29. The van der Waals surface area contributed by atoms with Crippen molar-refractivity contribution in [2.45, 2.75) is 17.1 Å². The first-order chi connectivity index (χ1) is 7.45. The normalized spacial score (nSPS) is 13.6. The number of benzene rings is 1. The molecule has 1 aromatic carbocycles. The molecule has 0 aromatic heterocycles. The van der Waals surface area contributed by atoms with Crippen LogP contribution in [-0.4, -0.2) is 31.6 Å². The van der Waals surface area contributed by atoms with Crippen LogP contribution in [0.1, 0.15) is 6.92 Å². The number of phenolic OH excluding ortho intramolecular Hbond substituents is 1. The van der Waals surface area contributed by atoms with Crippen LogP contribution >= 0.6 is 11.8 Å². The van der Waals surface area contributed by atoms with E-state index in [-0.39, 0.29) is 15.9 Å². The molecule has 0 bridgehead atoms. The molecule has 0 radical (unpaired) electrons. The maximum Gasteiger partial charge on any atom is 0.240 e. The summed E-state index contributed by atoms with van der Waals surface area (Å²) in [7, 11) is -3.51. The summed E-state index contributed by atoms with van der Waals surface area (Å²) < 4.78 is 26.0. The van der Waals surface area contributed by atoms with E-state index in [2.05, 4.69) is 4.72 Å². The van der Waals surface area contributed by atoms with E-state index in [0.717, 1.165) is 0 Å². The summed E-state index contributed by atoms with van der Waals surface area (Å²) in [6.07, 6.45) is 1.92. The van der Waals surface area contributed by atoms with Crippen molar-refractivity contribution in [3.8, 4) is 5.75 Å². The van der Waals surface area contributed by atoms with E-state index in [1.165, 1.54) is 24.3 Å². The van der Waals surface area contributed by atoms with Crippen LogP contribution in [0.2, 0.25) is 0 Å². The Balaban J connectivity index is 2.78. The van der Waals surface area contributed by atoms with Crippen molar-refractivity contribution < 1.29 is 13.5 Å². The first-order valence-electron chi connectivity index (χ1n) is 4.77. The number of hydrogen-bond acceptors (Lipinski definition) is 4. The fraction of sp³-hybridized carbons (Fsp3) is 0.400. The van der Waals surface area contributed by atoms with Gasteiger partial charge in [0.05, 0.1) is 4.90 Å². The Kier molecular flexibility index (Phi) is 4.64. The Morgan fingerprint density at radius 2 is 2.19 bits per heavy atom. The summed E-state index contributed by atoms with van der Waals surface area (Å²) in [5.41, 5.74) is 0. The highest BCUT2D eigenvalue weighted by atomic mass is 32.2. The molecule has 0 aliphatic heterocycles. The third-order valence-corrected chi connectivity index (χ3v) is 4.48. The molecule has 1 aromatic rings. The van der Waals surface area contributed by atoms with Crippen molar-refractivity contribution in [2.24, 2.45) is 0 Å². The van der Waals surface area contributed by atoms with E-state index in [4.69, 9.17) is 0 Å².